The number of anilines is 1. The molecule has 34 heavy (non-hydrogen) atoms. The van der Waals surface area contributed by atoms with Crippen LogP contribution >= 0.6 is 0 Å². The number of hydrogen-bond acceptors (Lipinski definition) is 10. The molecule has 182 valence electrons. The van der Waals surface area contributed by atoms with Crippen LogP contribution in [-0.2, 0) is 21.0 Å². The molecule has 4 atom stereocenters. The summed E-state index contributed by atoms with van der Waals surface area (Å²) in [5.74, 6) is 0.272. The second-order valence-corrected chi connectivity index (χ2v) is 9.34. The maximum absolute atomic E-state index is 14.7. The number of aliphatic hydroxyl groups excluding tert-OH is 1. The van der Waals surface area contributed by atoms with Crippen molar-refractivity contribution in [3.05, 3.63) is 59.6 Å². The largest absolute Gasteiger partial charge is 0.387 e. The SMILES string of the molecule is CNS(=O)(=O)O[C@@H]1C[C@@H](Nc2ncncc2C(=O)c2ccn(Cc3cc(C)no3)c2)[C@@H](F)[C@@H]1O. The van der Waals surface area contributed by atoms with Crippen LogP contribution in [0.5, 0.6) is 0 Å². The number of carbonyl (C=O) groups excluding carboxylic acids is 1. The Hall–Kier alpha value is -3.20. The minimum Gasteiger partial charge on any atom is -0.387 e. The van der Waals surface area contributed by atoms with E-state index >= 15 is 0 Å². The van der Waals surface area contributed by atoms with Gasteiger partial charge >= 0.3 is 10.3 Å². The number of aromatic nitrogens is 4. The lowest BCUT2D eigenvalue weighted by Crippen LogP contribution is -2.35. The lowest BCUT2D eigenvalue weighted by atomic mass is 10.1. The summed E-state index contributed by atoms with van der Waals surface area (Å²) >= 11 is 0. The first-order valence-electron chi connectivity index (χ1n) is 10.3. The molecule has 0 amide bonds. The zero-order chi connectivity index (χ0) is 24.5. The van der Waals surface area contributed by atoms with Crippen molar-refractivity contribution in [2.24, 2.45) is 0 Å². The highest BCUT2D eigenvalue weighted by Gasteiger charge is 2.46. The summed E-state index contributed by atoms with van der Waals surface area (Å²) in [6.45, 7) is 2.19. The summed E-state index contributed by atoms with van der Waals surface area (Å²) in [5.41, 5.74) is 1.18. The number of halogens is 1. The molecular formula is C20H23FN6O6S. The Balaban J connectivity index is 1.49. The number of hydrogen-bond donors (Lipinski definition) is 3. The summed E-state index contributed by atoms with van der Waals surface area (Å²) in [6, 6.07) is 2.36. The fourth-order valence-corrected chi connectivity index (χ4v) is 4.31. The van der Waals surface area contributed by atoms with Crippen LogP contribution in [0, 0.1) is 6.92 Å². The standard InChI is InChI=1S/C20H23FN6O6S/c1-11-5-13(32-26-11)9-27-4-3-12(8-27)18(28)14-7-23-10-24-20(14)25-15-6-16(19(29)17(15)21)33-34(30,31)22-2/h3-5,7-8,10,15-17,19,22,29H,6,9H2,1-2H3,(H,23,24,25)/t15-,16-,17-,19-/m1/s1. The third-order valence-electron chi connectivity index (χ3n) is 5.38. The van der Waals surface area contributed by atoms with E-state index in [-0.39, 0.29) is 17.8 Å². The molecule has 3 aromatic rings. The minimum absolute atomic E-state index is 0.0515. The van der Waals surface area contributed by atoms with E-state index in [1.54, 1.807) is 36.0 Å². The molecule has 0 aromatic carbocycles. The van der Waals surface area contributed by atoms with Gasteiger partial charge in [0.05, 0.1) is 23.8 Å². The second kappa shape index (κ2) is 9.58. The van der Waals surface area contributed by atoms with Crippen molar-refractivity contribution in [1.29, 1.82) is 0 Å². The van der Waals surface area contributed by atoms with E-state index in [9.17, 15) is 22.7 Å². The van der Waals surface area contributed by atoms with Gasteiger partial charge in [-0.15, -0.1) is 0 Å². The van der Waals surface area contributed by atoms with Crippen LogP contribution in [0.15, 0.2) is 41.6 Å². The highest BCUT2D eigenvalue weighted by atomic mass is 32.2. The Morgan fingerprint density at radius 1 is 1.44 bits per heavy atom. The van der Waals surface area contributed by atoms with Gasteiger partial charge in [-0.1, -0.05) is 5.16 Å². The number of alkyl halides is 1. The minimum atomic E-state index is -4.13. The van der Waals surface area contributed by atoms with Gasteiger partial charge in [0.15, 0.2) is 11.5 Å². The molecular weight excluding hydrogens is 471 g/mol. The summed E-state index contributed by atoms with van der Waals surface area (Å²) in [4.78, 5) is 21.1. The van der Waals surface area contributed by atoms with Gasteiger partial charge in [0.1, 0.15) is 30.5 Å². The van der Waals surface area contributed by atoms with Crippen molar-refractivity contribution in [3.63, 3.8) is 0 Å². The number of aliphatic hydroxyl groups is 1. The fraction of sp³-hybridized carbons (Fsp3) is 0.400. The molecule has 1 saturated carbocycles. The average Bonchev–Trinajstić information content (AvgIpc) is 3.51. The van der Waals surface area contributed by atoms with Crippen molar-refractivity contribution >= 4 is 21.9 Å². The maximum atomic E-state index is 14.7. The van der Waals surface area contributed by atoms with Crippen LogP contribution < -0.4 is 10.0 Å². The van der Waals surface area contributed by atoms with Crippen LogP contribution in [0.25, 0.3) is 0 Å². The molecule has 3 aromatic heterocycles. The maximum Gasteiger partial charge on any atom is 0.335 e. The highest BCUT2D eigenvalue weighted by Crippen LogP contribution is 2.30. The van der Waals surface area contributed by atoms with E-state index in [1.807, 2.05) is 4.72 Å². The summed E-state index contributed by atoms with van der Waals surface area (Å²) in [6.07, 6.45) is 0.795. The first-order valence-corrected chi connectivity index (χ1v) is 11.7. The van der Waals surface area contributed by atoms with Crippen LogP contribution in [0.1, 0.15) is 33.8 Å². The fourth-order valence-electron chi connectivity index (χ4n) is 3.69. The van der Waals surface area contributed by atoms with Crippen molar-refractivity contribution < 1.29 is 31.4 Å². The second-order valence-electron chi connectivity index (χ2n) is 7.84. The van der Waals surface area contributed by atoms with Crippen molar-refractivity contribution in [2.45, 2.75) is 44.3 Å². The van der Waals surface area contributed by atoms with Gasteiger partial charge < -0.3 is 19.5 Å². The van der Waals surface area contributed by atoms with E-state index in [4.69, 9.17) is 8.71 Å². The molecule has 4 rings (SSSR count). The predicted octanol–water partition coefficient (Wildman–Crippen LogP) is 0.586. The monoisotopic (exact) mass is 494 g/mol. The Bertz CT molecular complexity index is 1280. The Labute approximate surface area is 194 Å². The average molecular weight is 495 g/mol. The van der Waals surface area contributed by atoms with E-state index < -0.39 is 40.5 Å². The van der Waals surface area contributed by atoms with Gasteiger partial charge in [-0.25, -0.2) is 14.4 Å². The van der Waals surface area contributed by atoms with E-state index in [2.05, 4.69) is 20.4 Å². The Kier molecular flexibility index (Phi) is 6.74. The van der Waals surface area contributed by atoms with Crippen molar-refractivity contribution in [3.8, 4) is 0 Å². The molecule has 3 N–H and O–H groups in total. The van der Waals surface area contributed by atoms with Gasteiger partial charge in [-0.3, -0.25) is 8.98 Å². The molecule has 0 bridgehead atoms. The van der Waals surface area contributed by atoms with Crippen LogP contribution in [0.3, 0.4) is 0 Å². The molecule has 0 saturated heterocycles. The van der Waals surface area contributed by atoms with Gasteiger partial charge in [0, 0.05) is 43.7 Å². The zero-order valence-electron chi connectivity index (χ0n) is 18.3. The van der Waals surface area contributed by atoms with E-state index in [1.165, 1.54) is 12.5 Å². The van der Waals surface area contributed by atoms with Crippen LogP contribution in [0.4, 0.5) is 10.2 Å². The predicted molar refractivity (Wildman–Crippen MR) is 116 cm³/mol. The molecule has 1 fully saturated rings. The van der Waals surface area contributed by atoms with Gasteiger partial charge in [-0.05, 0) is 13.0 Å². The highest BCUT2D eigenvalue weighted by molar-refractivity contribution is 7.84. The van der Waals surface area contributed by atoms with Gasteiger partial charge in [0.2, 0.25) is 0 Å². The first kappa shape index (κ1) is 23.9. The number of aryl methyl sites for hydroxylation is 1. The summed E-state index contributed by atoms with van der Waals surface area (Å²) in [5, 5.41) is 16.7. The molecule has 12 nitrogen and oxygen atoms in total. The van der Waals surface area contributed by atoms with Crippen LogP contribution in [-0.4, -0.2) is 70.5 Å². The summed E-state index contributed by atoms with van der Waals surface area (Å²) in [7, 11) is -2.99. The molecule has 0 spiro atoms. The Morgan fingerprint density at radius 3 is 2.94 bits per heavy atom. The third-order valence-corrected chi connectivity index (χ3v) is 6.39. The molecule has 1 aliphatic carbocycles. The molecule has 0 radical (unpaired) electrons. The number of ketones is 1. The number of nitrogens with one attached hydrogen (secondary N) is 2. The molecule has 3 heterocycles. The lowest BCUT2D eigenvalue weighted by Gasteiger charge is -2.17. The quantitative estimate of drug-likeness (QED) is 0.359. The van der Waals surface area contributed by atoms with Crippen LogP contribution in [0.2, 0.25) is 0 Å². The number of rotatable bonds is 9. The topological polar surface area (TPSA) is 161 Å². The number of carbonyl (C=O) groups is 1. The van der Waals surface area contributed by atoms with E-state index in [0.29, 0.717) is 17.9 Å². The zero-order valence-corrected chi connectivity index (χ0v) is 19.1. The smallest absolute Gasteiger partial charge is 0.335 e. The summed E-state index contributed by atoms with van der Waals surface area (Å²) < 4.78 is 51.7. The van der Waals surface area contributed by atoms with Crippen molar-refractivity contribution in [1.82, 2.24) is 24.4 Å². The van der Waals surface area contributed by atoms with Gasteiger partial charge in [-0.2, -0.15) is 13.1 Å². The normalized spacial score (nSPS) is 22.7. The first-order chi connectivity index (χ1) is 16.2. The lowest BCUT2D eigenvalue weighted by molar-refractivity contribution is 0.0248. The molecule has 1 aliphatic rings. The molecule has 0 unspecified atom stereocenters. The molecule has 14 heteroatoms. The third kappa shape index (κ3) is 5.14. The van der Waals surface area contributed by atoms with Crippen molar-refractivity contribution in [2.75, 3.05) is 12.4 Å². The van der Waals surface area contributed by atoms with E-state index in [0.717, 1.165) is 12.7 Å². The van der Waals surface area contributed by atoms with Gasteiger partial charge in [0.25, 0.3) is 0 Å². The number of nitrogens with zero attached hydrogens (tertiary/aromatic N) is 4. The molecule has 0 aliphatic heterocycles. The Morgan fingerprint density at radius 2 is 2.24 bits per heavy atom.